The van der Waals surface area contributed by atoms with Crippen LogP contribution in [0.5, 0.6) is 0 Å². The molecule has 1 amide bonds. The normalized spacial score (nSPS) is 16.9. The van der Waals surface area contributed by atoms with E-state index in [1.807, 2.05) is 14.1 Å². The molecule has 18 heavy (non-hydrogen) atoms. The number of aryl methyl sites for hydroxylation is 1. The maximum atomic E-state index is 11.6. The van der Waals surface area contributed by atoms with Crippen LogP contribution >= 0.6 is 0 Å². The molecular formula is C14H21N3O. The number of nitrogens with zero attached hydrogens (tertiary/aromatic N) is 2. The molecule has 0 saturated heterocycles. The molecule has 1 unspecified atom stereocenters. The number of hydrogen-bond donors (Lipinski definition) is 1. The Bertz CT molecular complexity index is 456. The maximum absolute atomic E-state index is 11.6. The van der Waals surface area contributed by atoms with Crippen LogP contribution in [0.3, 0.4) is 0 Å². The zero-order valence-corrected chi connectivity index (χ0v) is 11.5. The van der Waals surface area contributed by atoms with Crippen molar-refractivity contribution in [2.45, 2.75) is 19.0 Å². The van der Waals surface area contributed by atoms with Crippen molar-refractivity contribution in [1.29, 1.82) is 0 Å². The van der Waals surface area contributed by atoms with Crippen LogP contribution in [0.4, 0.5) is 5.69 Å². The van der Waals surface area contributed by atoms with Crippen LogP contribution in [-0.2, 0) is 11.2 Å². The Morgan fingerprint density at radius 2 is 2.06 bits per heavy atom. The summed E-state index contributed by atoms with van der Waals surface area (Å²) >= 11 is 0. The number of fused-ring (bicyclic) bond motifs is 1. The molecule has 0 spiro atoms. The minimum absolute atomic E-state index is 0.202. The first-order valence-corrected chi connectivity index (χ1v) is 6.27. The first kappa shape index (κ1) is 13.1. The molecule has 2 rings (SSSR count). The number of carbonyl (C=O) groups is 1. The van der Waals surface area contributed by atoms with E-state index in [1.165, 1.54) is 11.1 Å². The second kappa shape index (κ2) is 5.08. The van der Waals surface area contributed by atoms with Crippen molar-refractivity contribution >= 4 is 11.6 Å². The van der Waals surface area contributed by atoms with Gasteiger partial charge in [0.2, 0.25) is 5.91 Å². The van der Waals surface area contributed by atoms with Gasteiger partial charge in [0, 0.05) is 19.2 Å². The molecule has 0 radical (unpaired) electrons. The first-order valence-electron chi connectivity index (χ1n) is 6.27. The lowest BCUT2D eigenvalue weighted by atomic mass is 9.98. The van der Waals surface area contributed by atoms with Gasteiger partial charge in [0.15, 0.2) is 0 Å². The standard InChI is InChI=1S/C14H21N3O/c1-15-14(16(2)3)11-5-7-12-10(9-11)6-8-13(18)17(12)4/h5,7,9,14-15H,6,8H2,1-4H3. The number of rotatable bonds is 3. The lowest BCUT2D eigenvalue weighted by molar-refractivity contribution is -0.118. The van der Waals surface area contributed by atoms with Gasteiger partial charge >= 0.3 is 0 Å². The molecule has 1 aromatic rings. The second-order valence-corrected chi connectivity index (χ2v) is 5.00. The average Bonchev–Trinajstić information content (AvgIpc) is 2.34. The number of benzene rings is 1. The molecule has 1 heterocycles. The SMILES string of the molecule is CNC(c1ccc2c(c1)CCC(=O)N2C)N(C)C. The summed E-state index contributed by atoms with van der Waals surface area (Å²) in [7, 11) is 7.91. The van der Waals surface area contributed by atoms with Gasteiger partial charge in [-0.3, -0.25) is 9.69 Å². The van der Waals surface area contributed by atoms with Gasteiger partial charge in [0.25, 0.3) is 0 Å². The molecule has 0 fully saturated rings. The van der Waals surface area contributed by atoms with Crippen molar-refractivity contribution in [1.82, 2.24) is 10.2 Å². The number of nitrogens with one attached hydrogen (secondary N) is 1. The van der Waals surface area contributed by atoms with Crippen molar-refractivity contribution in [3.8, 4) is 0 Å². The van der Waals surface area contributed by atoms with Crippen LogP contribution in [-0.4, -0.2) is 39.0 Å². The Hall–Kier alpha value is -1.39. The summed E-state index contributed by atoms with van der Waals surface area (Å²) < 4.78 is 0. The van der Waals surface area contributed by atoms with Gasteiger partial charge in [-0.15, -0.1) is 0 Å². The zero-order chi connectivity index (χ0) is 13.3. The number of anilines is 1. The van der Waals surface area contributed by atoms with E-state index in [0.29, 0.717) is 6.42 Å². The van der Waals surface area contributed by atoms with E-state index in [4.69, 9.17) is 0 Å². The van der Waals surface area contributed by atoms with Crippen LogP contribution in [0.15, 0.2) is 18.2 Å². The predicted molar refractivity (Wildman–Crippen MR) is 73.7 cm³/mol. The minimum atomic E-state index is 0.202. The fourth-order valence-corrected chi connectivity index (χ4v) is 2.57. The molecule has 0 aliphatic carbocycles. The molecule has 1 aliphatic heterocycles. The third kappa shape index (κ3) is 2.26. The molecule has 1 aliphatic rings. The highest BCUT2D eigenvalue weighted by Gasteiger charge is 2.22. The third-order valence-electron chi connectivity index (χ3n) is 3.55. The van der Waals surface area contributed by atoms with E-state index >= 15 is 0 Å². The summed E-state index contributed by atoms with van der Waals surface area (Å²) in [5, 5.41) is 3.29. The molecule has 98 valence electrons. The molecule has 1 aromatic carbocycles. The molecular weight excluding hydrogens is 226 g/mol. The third-order valence-corrected chi connectivity index (χ3v) is 3.55. The van der Waals surface area contributed by atoms with E-state index in [9.17, 15) is 4.79 Å². The Morgan fingerprint density at radius 3 is 2.67 bits per heavy atom. The van der Waals surface area contributed by atoms with E-state index in [1.54, 1.807) is 4.90 Å². The number of hydrogen-bond acceptors (Lipinski definition) is 3. The topological polar surface area (TPSA) is 35.6 Å². The van der Waals surface area contributed by atoms with Gasteiger partial charge in [0.1, 0.15) is 0 Å². The van der Waals surface area contributed by atoms with Gasteiger partial charge in [0.05, 0.1) is 6.17 Å². The first-order chi connectivity index (χ1) is 8.54. The zero-order valence-electron chi connectivity index (χ0n) is 11.5. The van der Waals surface area contributed by atoms with E-state index in [2.05, 4.69) is 42.5 Å². The second-order valence-electron chi connectivity index (χ2n) is 5.00. The number of carbonyl (C=O) groups excluding carboxylic acids is 1. The van der Waals surface area contributed by atoms with Crippen LogP contribution < -0.4 is 10.2 Å². The summed E-state index contributed by atoms with van der Waals surface area (Å²) in [6.45, 7) is 0. The highest BCUT2D eigenvalue weighted by molar-refractivity contribution is 5.95. The lowest BCUT2D eigenvalue weighted by Gasteiger charge is -2.29. The molecule has 1 N–H and O–H groups in total. The Morgan fingerprint density at radius 1 is 1.33 bits per heavy atom. The Kier molecular flexibility index (Phi) is 3.68. The van der Waals surface area contributed by atoms with Gasteiger partial charge in [-0.05, 0) is 44.8 Å². The largest absolute Gasteiger partial charge is 0.315 e. The maximum Gasteiger partial charge on any atom is 0.227 e. The van der Waals surface area contributed by atoms with Gasteiger partial charge in [-0.25, -0.2) is 0 Å². The molecule has 4 nitrogen and oxygen atoms in total. The van der Waals surface area contributed by atoms with Crippen molar-refractivity contribution < 1.29 is 4.79 Å². The molecule has 4 heteroatoms. The fourth-order valence-electron chi connectivity index (χ4n) is 2.57. The van der Waals surface area contributed by atoms with Crippen molar-refractivity contribution in [2.24, 2.45) is 0 Å². The monoisotopic (exact) mass is 247 g/mol. The van der Waals surface area contributed by atoms with E-state index in [0.717, 1.165) is 12.1 Å². The summed E-state index contributed by atoms with van der Waals surface area (Å²) in [6, 6.07) is 6.35. The fraction of sp³-hybridized carbons (Fsp3) is 0.500. The highest BCUT2D eigenvalue weighted by atomic mass is 16.2. The number of amides is 1. The smallest absolute Gasteiger partial charge is 0.227 e. The predicted octanol–water partition coefficient (Wildman–Crippen LogP) is 1.38. The molecule has 0 aromatic heterocycles. The van der Waals surface area contributed by atoms with Gasteiger partial charge in [-0.2, -0.15) is 0 Å². The van der Waals surface area contributed by atoms with Crippen LogP contribution in [0.25, 0.3) is 0 Å². The van der Waals surface area contributed by atoms with Crippen molar-refractivity contribution in [2.75, 3.05) is 33.1 Å². The van der Waals surface area contributed by atoms with Crippen LogP contribution in [0.1, 0.15) is 23.7 Å². The van der Waals surface area contributed by atoms with Crippen LogP contribution in [0.2, 0.25) is 0 Å². The van der Waals surface area contributed by atoms with Gasteiger partial charge < -0.3 is 10.2 Å². The summed E-state index contributed by atoms with van der Waals surface area (Å²) in [6.07, 6.45) is 1.66. The molecule has 1 atom stereocenters. The Balaban J connectivity index is 2.36. The van der Waals surface area contributed by atoms with Gasteiger partial charge in [-0.1, -0.05) is 12.1 Å². The van der Waals surface area contributed by atoms with Crippen molar-refractivity contribution in [3.63, 3.8) is 0 Å². The Labute approximate surface area is 109 Å². The summed E-state index contributed by atoms with van der Waals surface area (Å²) in [5.41, 5.74) is 3.55. The molecule has 0 saturated carbocycles. The van der Waals surface area contributed by atoms with Crippen molar-refractivity contribution in [3.05, 3.63) is 29.3 Å². The highest BCUT2D eigenvalue weighted by Crippen LogP contribution is 2.29. The molecule has 0 bridgehead atoms. The van der Waals surface area contributed by atoms with Crippen LogP contribution in [0, 0.1) is 0 Å². The average molecular weight is 247 g/mol. The summed E-state index contributed by atoms with van der Waals surface area (Å²) in [5.74, 6) is 0.202. The quantitative estimate of drug-likeness (QED) is 0.820. The lowest BCUT2D eigenvalue weighted by Crippen LogP contribution is -2.33. The van der Waals surface area contributed by atoms with E-state index in [-0.39, 0.29) is 12.1 Å². The minimum Gasteiger partial charge on any atom is -0.315 e. The van der Waals surface area contributed by atoms with E-state index < -0.39 is 0 Å². The summed E-state index contributed by atoms with van der Waals surface area (Å²) in [4.78, 5) is 15.5.